The highest BCUT2D eigenvalue weighted by Gasteiger charge is 2.18. The lowest BCUT2D eigenvalue weighted by molar-refractivity contribution is 0.100. The zero-order chi connectivity index (χ0) is 12.4. The van der Waals surface area contributed by atoms with Gasteiger partial charge in [0.15, 0.2) is 0 Å². The molecule has 0 radical (unpaired) electrons. The predicted molar refractivity (Wildman–Crippen MR) is 64.2 cm³/mol. The van der Waals surface area contributed by atoms with E-state index in [2.05, 4.69) is 4.98 Å². The molecule has 0 fully saturated rings. The molecule has 1 aromatic carbocycles. The summed E-state index contributed by atoms with van der Waals surface area (Å²) in [4.78, 5) is 4.46. The van der Waals surface area contributed by atoms with Gasteiger partial charge in [-0.1, -0.05) is 0 Å². The van der Waals surface area contributed by atoms with Crippen LogP contribution in [0.3, 0.4) is 0 Å². The Labute approximate surface area is 99.2 Å². The van der Waals surface area contributed by atoms with Crippen molar-refractivity contribution in [2.75, 3.05) is 13.7 Å². The molecule has 92 valence electrons. The molecule has 4 nitrogen and oxygen atoms in total. The molecule has 0 amide bonds. The molecule has 1 heterocycles. The lowest BCUT2D eigenvalue weighted by Gasteiger charge is -2.14. The first-order valence-corrected chi connectivity index (χ1v) is 5.59. The molecular formula is C12H16FN3O. The van der Waals surface area contributed by atoms with E-state index in [-0.39, 0.29) is 11.9 Å². The van der Waals surface area contributed by atoms with Crippen molar-refractivity contribution in [3.05, 3.63) is 29.8 Å². The minimum atomic E-state index is -0.264. The van der Waals surface area contributed by atoms with Gasteiger partial charge >= 0.3 is 0 Å². The minimum Gasteiger partial charge on any atom is -0.372 e. The molecular weight excluding hydrogens is 221 g/mol. The Bertz CT molecular complexity index is 520. The molecule has 0 aliphatic heterocycles. The highest BCUT2D eigenvalue weighted by atomic mass is 19.1. The monoisotopic (exact) mass is 237 g/mol. The Morgan fingerprint density at radius 2 is 2.29 bits per heavy atom. The number of rotatable bonds is 4. The van der Waals surface area contributed by atoms with Crippen LogP contribution in [-0.4, -0.2) is 23.2 Å². The van der Waals surface area contributed by atoms with Crippen molar-refractivity contribution in [1.82, 2.24) is 9.55 Å². The highest BCUT2D eigenvalue weighted by Crippen LogP contribution is 2.22. The highest BCUT2D eigenvalue weighted by molar-refractivity contribution is 5.76. The minimum absolute atomic E-state index is 0.259. The van der Waals surface area contributed by atoms with Gasteiger partial charge in [0, 0.05) is 20.2 Å². The van der Waals surface area contributed by atoms with Crippen LogP contribution in [0.5, 0.6) is 0 Å². The lowest BCUT2D eigenvalue weighted by atomic mass is 10.3. The number of benzene rings is 1. The number of methoxy groups -OCH3 is 1. The number of halogens is 1. The van der Waals surface area contributed by atoms with E-state index in [1.165, 1.54) is 12.1 Å². The van der Waals surface area contributed by atoms with Crippen molar-refractivity contribution in [1.29, 1.82) is 0 Å². The van der Waals surface area contributed by atoms with Crippen molar-refractivity contribution in [2.24, 2.45) is 5.73 Å². The van der Waals surface area contributed by atoms with Crippen LogP contribution < -0.4 is 5.73 Å². The summed E-state index contributed by atoms with van der Waals surface area (Å²) in [7, 11) is 1.59. The normalized spacial score (nSPS) is 13.2. The fourth-order valence-corrected chi connectivity index (χ4v) is 2.00. The van der Waals surface area contributed by atoms with Gasteiger partial charge in [-0.3, -0.25) is 0 Å². The van der Waals surface area contributed by atoms with Crippen molar-refractivity contribution in [3.8, 4) is 0 Å². The SMILES string of the molecule is CCn1c(C(CN)OC)nc2ccc(F)cc21. The average Bonchev–Trinajstić information content (AvgIpc) is 2.68. The van der Waals surface area contributed by atoms with Crippen LogP contribution in [0, 0.1) is 5.82 Å². The van der Waals surface area contributed by atoms with E-state index in [4.69, 9.17) is 10.5 Å². The molecule has 1 unspecified atom stereocenters. The van der Waals surface area contributed by atoms with Gasteiger partial charge in [-0.25, -0.2) is 9.37 Å². The number of aryl methyl sites for hydroxylation is 1. The molecule has 0 aliphatic rings. The van der Waals surface area contributed by atoms with Gasteiger partial charge in [-0.05, 0) is 25.1 Å². The molecule has 0 bridgehead atoms. The molecule has 2 N–H and O–H groups in total. The number of ether oxygens (including phenoxy) is 1. The molecule has 17 heavy (non-hydrogen) atoms. The van der Waals surface area contributed by atoms with Crippen LogP contribution in [0.15, 0.2) is 18.2 Å². The van der Waals surface area contributed by atoms with Crippen molar-refractivity contribution < 1.29 is 9.13 Å². The van der Waals surface area contributed by atoms with Gasteiger partial charge < -0.3 is 15.0 Å². The Balaban J connectivity index is 2.63. The first-order valence-electron chi connectivity index (χ1n) is 5.59. The number of imidazole rings is 1. The Kier molecular flexibility index (Phi) is 3.40. The molecule has 0 saturated carbocycles. The lowest BCUT2D eigenvalue weighted by Crippen LogP contribution is -2.18. The zero-order valence-corrected chi connectivity index (χ0v) is 9.98. The number of nitrogens with two attached hydrogens (primary N) is 1. The molecule has 1 atom stereocenters. The second-order valence-electron chi connectivity index (χ2n) is 3.81. The molecule has 1 aromatic heterocycles. The van der Waals surface area contributed by atoms with Gasteiger partial charge in [-0.2, -0.15) is 0 Å². The maximum absolute atomic E-state index is 13.2. The summed E-state index contributed by atoms with van der Waals surface area (Å²) in [6, 6.07) is 4.56. The van der Waals surface area contributed by atoms with Crippen LogP contribution in [0.25, 0.3) is 11.0 Å². The largest absolute Gasteiger partial charge is 0.372 e. The van der Waals surface area contributed by atoms with Gasteiger partial charge in [0.25, 0.3) is 0 Å². The van der Waals surface area contributed by atoms with Gasteiger partial charge in [0.2, 0.25) is 0 Å². The van der Waals surface area contributed by atoms with Gasteiger partial charge in [-0.15, -0.1) is 0 Å². The number of nitrogens with zero attached hydrogens (tertiary/aromatic N) is 2. The van der Waals surface area contributed by atoms with E-state index >= 15 is 0 Å². The first-order chi connectivity index (χ1) is 8.21. The molecule has 0 aliphatic carbocycles. The summed E-state index contributed by atoms with van der Waals surface area (Å²) in [5.74, 6) is 0.485. The van der Waals surface area contributed by atoms with E-state index in [0.717, 1.165) is 16.9 Å². The summed E-state index contributed by atoms with van der Waals surface area (Å²) in [5, 5.41) is 0. The average molecular weight is 237 g/mol. The predicted octanol–water partition coefficient (Wildman–Crippen LogP) is 1.84. The second-order valence-corrected chi connectivity index (χ2v) is 3.81. The van der Waals surface area contributed by atoms with Gasteiger partial charge in [0.1, 0.15) is 17.7 Å². The van der Waals surface area contributed by atoms with Crippen LogP contribution in [0.1, 0.15) is 18.9 Å². The summed E-state index contributed by atoms with van der Waals surface area (Å²) in [6.07, 6.45) is -0.259. The fraction of sp³-hybridized carbons (Fsp3) is 0.417. The van der Waals surface area contributed by atoms with E-state index in [9.17, 15) is 4.39 Å². The zero-order valence-electron chi connectivity index (χ0n) is 9.98. The van der Waals surface area contributed by atoms with Crippen LogP contribution >= 0.6 is 0 Å². The quantitative estimate of drug-likeness (QED) is 0.882. The molecule has 2 aromatic rings. The number of aromatic nitrogens is 2. The van der Waals surface area contributed by atoms with Crippen molar-refractivity contribution >= 4 is 11.0 Å². The van der Waals surface area contributed by atoms with E-state index in [1.54, 1.807) is 13.2 Å². The molecule has 0 saturated heterocycles. The van der Waals surface area contributed by atoms with Crippen molar-refractivity contribution in [3.63, 3.8) is 0 Å². The Morgan fingerprint density at radius 1 is 1.53 bits per heavy atom. The van der Waals surface area contributed by atoms with E-state index < -0.39 is 0 Å². The summed E-state index contributed by atoms with van der Waals surface area (Å²) in [5.41, 5.74) is 7.18. The van der Waals surface area contributed by atoms with Crippen molar-refractivity contribution in [2.45, 2.75) is 19.6 Å². The summed E-state index contributed by atoms with van der Waals surface area (Å²) in [6.45, 7) is 3.04. The van der Waals surface area contributed by atoms with Gasteiger partial charge in [0.05, 0.1) is 11.0 Å². The maximum atomic E-state index is 13.2. The number of hydrogen-bond donors (Lipinski definition) is 1. The molecule has 5 heteroatoms. The topological polar surface area (TPSA) is 53.1 Å². The second kappa shape index (κ2) is 4.81. The fourth-order valence-electron chi connectivity index (χ4n) is 2.00. The van der Waals surface area contributed by atoms with Crippen LogP contribution in [0.2, 0.25) is 0 Å². The Hall–Kier alpha value is -1.46. The standard InChI is InChI=1S/C12H16FN3O/c1-3-16-10-6-8(13)4-5-9(10)15-12(16)11(7-14)17-2/h4-6,11H,3,7,14H2,1-2H3. The maximum Gasteiger partial charge on any atom is 0.140 e. The smallest absolute Gasteiger partial charge is 0.140 e. The molecule has 0 spiro atoms. The Morgan fingerprint density at radius 3 is 2.88 bits per heavy atom. The third-order valence-electron chi connectivity index (χ3n) is 2.84. The number of fused-ring (bicyclic) bond motifs is 1. The van der Waals surface area contributed by atoms with Crippen LogP contribution in [-0.2, 0) is 11.3 Å². The van der Waals surface area contributed by atoms with E-state index in [0.29, 0.717) is 13.1 Å². The number of hydrogen-bond acceptors (Lipinski definition) is 3. The summed E-state index contributed by atoms with van der Waals surface area (Å²) >= 11 is 0. The first kappa shape index (κ1) is 12.0. The third-order valence-corrected chi connectivity index (χ3v) is 2.84. The van der Waals surface area contributed by atoms with E-state index in [1.807, 2.05) is 11.5 Å². The third kappa shape index (κ3) is 2.03. The molecule has 2 rings (SSSR count). The summed E-state index contributed by atoms with van der Waals surface area (Å²) < 4.78 is 20.4. The van der Waals surface area contributed by atoms with Crippen LogP contribution in [0.4, 0.5) is 4.39 Å².